The lowest BCUT2D eigenvalue weighted by atomic mass is 9.78. The van der Waals surface area contributed by atoms with E-state index in [1.165, 1.54) is 43.4 Å². The molecule has 1 nitrogen and oxygen atoms in total. The van der Waals surface area contributed by atoms with Crippen LogP contribution in [0.3, 0.4) is 0 Å². The van der Waals surface area contributed by atoms with Crippen LogP contribution in [-0.4, -0.2) is 12.3 Å². The molecule has 2 rings (SSSR count). The number of hydrogen-bond donors (Lipinski definition) is 0. The van der Waals surface area contributed by atoms with E-state index >= 15 is 0 Å². The average molecular weight is 229 g/mol. The van der Waals surface area contributed by atoms with Gasteiger partial charge in [0.25, 0.3) is 0 Å². The minimum absolute atomic E-state index is 0.342. The van der Waals surface area contributed by atoms with Gasteiger partial charge in [0, 0.05) is 17.7 Å². The molecule has 0 aliphatic carbocycles. The van der Waals surface area contributed by atoms with Crippen LogP contribution in [0.5, 0.6) is 0 Å². The van der Waals surface area contributed by atoms with Crippen LogP contribution < -0.4 is 0 Å². The fourth-order valence-corrected chi connectivity index (χ4v) is 2.62. The van der Waals surface area contributed by atoms with Crippen molar-refractivity contribution in [3.8, 4) is 0 Å². The molecule has 0 saturated heterocycles. The number of aliphatic imine (C=N–C) groups is 1. The van der Waals surface area contributed by atoms with Gasteiger partial charge in [-0.05, 0) is 37.7 Å². The van der Waals surface area contributed by atoms with Crippen LogP contribution in [0, 0.1) is 5.41 Å². The number of nitrogens with zero attached hydrogens (tertiary/aromatic N) is 1. The van der Waals surface area contributed by atoms with Crippen molar-refractivity contribution in [1.82, 2.24) is 0 Å². The van der Waals surface area contributed by atoms with Crippen molar-refractivity contribution in [2.45, 2.75) is 46.0 Å². The summed E-state index contributed by atoms with van der Waals surface area (Å²) in [7, 11) is 0. The number of benzene rings is 1. The summed E-state index contributed by atoms with van der Waals surface area (Å²) in [5.41, 5.74) is 3.23. The molecule has 0 N–H and O–H groups in total. The topological polar surface area (TPSA) is 12.4 Å². The van der Waals surface area contributed by atoms with Gasteiger partial charge in [-0.25, -0.2) is 0 Å². The van der Waals surface area contributed by atoms with Crippen LogP contribution in [0.2, 0.25) is 0 Å². The minimum atomic E-state index is 0.342. The summed E-state index contributed by atoms with van der Waals surface area (Å²) in [6, 6.07) is 10.8. The van der Waals surface area contributed by atoms with E-state index < -0.39 is 0 Å². The van der Waals surface area contributed by atoms with Gasteiger partial charge < -0.3 is 0 Å². The van der Waals surface area contributed by atoms with Gasteiger partial charge in [-0.3, -0.25) is 4.99 Å². The molecule has 0 aromatic heterocycles. The summed E-state index contributed by atoms with van der Waals surface area (Å²) in [6.45, 7) is 5.73. The van der Waals surface area contributed by atoms with Gasteiger partial charge in [0.2, 0.25) is 0 Å². The Labute approximate surface area is 105 Å². The first-order chi connectivity index (χ1) is 8.18. The Hall–Kier alpha value is -1.11. The molecule has 0 saturated carbocycles. The molecular weight excluding hydrogens is 206 g/mol. The minimum Gasteiger partial charge on any atom is -0.294 e. The molecule has 0 fully saturated rings. The van der Waals surface area contributed by atoms with Crippen molar-refractivity contribution in [1.29, 1.82) is 0 Å². The fourth-order valence-electron chi connectivity index (χ4n) is 2.62. The van der Waals surface area contributed by atoms with E-state index in [1.54, 1.807) is 0 Å². The van der Waals surface area contributed by atoms with Crippen LogP contribution in [0.4, 0.5) is 0 Å². The summed E-state index contributed by atoms with van der Waals surface area (Å²) in [5, 5.41) is 0. The van der Waals surface area contributed by atoms with E-state index in [1.807, 2.05) is 0 Å². The predicted octanol–water partition coefficient (Wildman–Crippen LogP) is 4.27. The summed E-state index contributed by atoms with van der Waals surface area (Å²) >= 11 is 0. The smallest absolute Gasteiger partial charge is 0.0389 e. The molecule has 0 radical (unpaired) electrons. The van der Waals surface area contributed by atoms with Crippen molar-refractivity contribution in [2.75, 3.05) is 6.54 Å². The maximum atomic E-state index is 4.73. The Morgan fingerprint density at radius 1 is 1.12 bits per heavy atom. The normalized spacial score (nSPS) is 18.8. The Kier molecular flexibility index (Phi) is 3.98. The zero-order valence-electron chi connectivity index (χ0n) is 11.1. The molecule has 17 heavy (non-hydrogen) atoms. The lowest BCUT2D eigenvalue weighted by molar-refractivity contribution is 0.429. The SMILES string of the molecule is CC1(C)CCCN=C1CCCc1ccccc1. The first kappa shape index (κ1) is 12.3. The second-order valence-corrected chi connectivity index (χ2v) is 5.66. The quantitative estimate of drug-likeness (QED) is 0.731. The molecule has 1 aromatic rings. The third-order valence-electron chi connectivity index (χ3n) is 3.77. The van der Waals surface area contributed by atoms with Gasteiger partial charge in [-0.1, -0.05) is 44.2 Å². The van der Waals surface area contributed by atoms with E-state index in [0.717, 1.165) is 6.54 Å². The largest absolute Gasteiger partial charge is 0.294 e. The van der Waals surface area contributed by atoms with Gasteiger partial charge in [-0.2, -0.15) is 0 Å². The molecule has 1 aliphatic rings. The van der Waals surface area contributed by atoms with E-state index in [2.05, 4.69) is 44.2 Å². The number of aryl methyl sites for hydroxylation is 1. The summed E-state index contributed by atoms with van der Waals surface area (Å²) in [5.74, 6) is 0. The molecule has 92 valence electrons. The van der Waals surface area contributed by atoms with Gasteiger partial charge in [0.15, 0.2) is 0 Å². The third kappa shape index (κ3) is 3.42. The molecule has 0 bridgehead atoms. The van der Waals surface area contributed by atoms with Crippen LogP contribution in [0.15, 0.2) is 35.3 Å². The molecule has 0 amide bonds. The first-order valence-electron chi connectivity index (χ1n) is 6.76. The first-order valence-corrected chi connectivity index (χ1v) is 6.76. The van der Waals surface area contributed by atoms with Crippen LogP contribution in [0.25, 0.3) is 0 Å². The standard InChI is InChI=1S/C16H23N/c1-16(2)12-7-13-17-15(16)11-6-10-14-8-4-3-5-9-14/h3-5,8-9H,6-7,10-13H2,1-2H3. The molecule has 1 aromatic carbocycles. The predicted molar refractivity (Wildman–Crippen MR) is 74.7 cm³/mol. The van der Waals surface area contributed by atoms with Gasteiger partial charge in [-0.15, -0.1) is 0 Å². The Morgan fingerprint density at radius 2 is 1.88 bits per heavy atom. The van der Waals surface area contributed by atoms with E-state index in [0.29, 0.717) is 5.41 Å². The average Bonchev–Trinajstić information content (AvgIpc) is 2.32. The van der Waals surface area contributed by atoms with Gasteiger partial charge >= 0.3 is 0 Å². The molecule has 0 atom stereocenters. The monoisotopic (exact) mass is 229 g/mol. The van der Waals surface area contributed by atoms with E-state index in [4.69, 9.17) is 4.99 Å². The molecule has 1 heteroatoms. The summed E-state index contributed by atoms with van der Waals surface area (Å²) in [6.07, 6.45) is 6.14. The number of hydrogen-bond acceptors (Lipinski definition) is 1. The van der Waals surface area contributed by atoms with Crippen LogP contribution >= 0.6 is 0 Å². The molecule has 1 aliphatic heterocycles. The zero-order chi connectivity index (χ0) is 12.1. The van der Waals surface area contributed by atoms with Gasteiger partial charge in [0.05, 0.1) is 0 Å². The molecule has 1 heterocycles. The Bertz CT molecular complexity index is 376. The highest BCUT2D eigenvalue weighted by atomic mass is 14.8. The van der Waals surface area contributed by atoms with Crippen molar-refractivity contribution in [2.24, 2.45) is 10.4 Å². The maximum absolute atomic E-state index is 4.73. The summed E-state index contributed by atoms with van der Waals surface area (Å²) in [4.78, 5) is 4.73. The lowest BCUT2D eigenvalue weighted by Gasteiger charge is -2.30. The van der Waals surface area contributed by atoms with Crippen molar-refractivity contribution >= 4 is 5.71 Å². The van der Waals surface area contributed by atoms with Crippen molar-refractivity contribution in [3.63, 3.8) is 0 Å². The second-order valence-electron chi connectivity index (χ2n) is 5.66. The van der Waals surface area contributed by atoms with Crippen LogP contribution in [0.1, 0.15) is 45.1 Å². The molecule has 0 unspecified atom stereocenters. The zero-order valence-corrected chi connectivity index (χ0v) is 11.1. The third-order valence-corrected chi connectivity index (χ3v) is 3.77. The van der Waals surface area contributed by atoms with E-state index in [9.17, 15) is 0 Å². The van der Waals surface area contributed by atoms with Gasteiger partial charge in [0.1, 0.15) is 0 Å². The summed E-state index contributed by atoms with van der Waals surface area (Å²) < 4.78 is 0. The lowest BCUT2D eigenvalue weighted by Crippen LogP contribution is -2.28. The maximum Gasteiger partial charge on any atom is 0.0389 e. The Balaban J connectivity index is 1.84. The van der Waals surface area contributed by atoms with Crippen molar-refractivity contribution < 1.29 is 0 Å². The highest BCUT2D eigenvalue weighted by Crippen LogP contribution is 2.30. The second kappa shape index (κ2) is 5.48. The van der Waals surface area contributed by atoms with E-state index in [-0.39, 0.29) is 0 Å². The highest BCUT2D eigenvalue weighted by molar-refractivity contribution is 5.90. The highest BCUT2D eigenvalue weighted by Gasteiger charge is 2.26. The number of rotatable bonds is 4. The molecule has 0 spiro atoms. The Morgan fingerprint density at radius 3 is 2.59 bits per heavy atom. The fraction of sp³-hybridized carbons (Fsp3) is 0.562. The van der Waals surface area contributed by atoms with Crippen LogP contribution in [-0.2, 0) is 6.42 Å². The molecular formula is C16H23N. The van der Waals surface area contributed by atoms with Crippen molar-refractivity contribution in [3.05, 3.63) is 35.9 Å².